The van der Waals surface area contributed by atoms with E-state index in [2.05, 4.69) is 18.8 Å². The zero-order valence-electron chi connectivity index (χ0n) is 12.4. The van der Waals surface area contributed by atoms with Gasteiger partial charge in [0.1, 0.15) is 5.82 Å². The van der Waals surface area contributed by atoms with Crippen LogP contribution in [0.15, 0.2) is 18.2 Å². The van der Waals surface area contributed by atoms with Crippen molar-refractivity contribution in [2.45, 2.75) is 26.2 Å². The lowest BCUT2D eigenvalue weighted by atomic mass is 10.0. The predicted octanol–water partition coefficient (Wildman–Crippen LogP) is 2.40. The molecule has 0 aromatic heterocycles. The number of carbonyl (C=O) groups excluding carboxylic acids is 1. The van der Waals surface area contributed by atoms with Crippen molar-refractivity contribution in [3.63, 3.8) is 0 Å². The molecular weight excluding hydrogens is 267 g/mol. The van der Waals surface area contributed by atoms with Crippen LogP contribution < -0.4 is 5.73 Å². The van der Waals surface area contributed by atoms with Gasteiger partial charge in [-0.3, -0.25) is 4.79 Å². The van der Waals surface area contributed by atoms with E-state index in [1.165, 1.54) is 12.1 Å². The molecule has 1 heterocycles. The molecule has 1 saturated heterocycles. The van der Waals surface area contributed by atoms with Crippen molar-refractivity contribution < 1.29 is 9.18 Å². The normalized spacial score (nSPS) is 18.6. The van der Waals surface area contributed by atoms with E-state index in [0.717, 1.165) is 32.4 Å². The molecule has 21 heavy (non-hydrogen) atoms. The molecule has 3 nitrogen and oxygen atoms in total. The molecule has 1 amide bonds. The lowest BCUT2D eigenvalue weighted by molar-refractivity contribution is 0.0759. The highest BCUT2D eigenvalue weighted by atomic mass is 19.1. The number of nitrogens with zero attached hydrogens (tertiary/aromatic N) is 1. The number of rotatable bonds is 1. The van der Waals surface area contributed by atoms with Crippen molar-refractivity contribution in [2.75, 3.05) is 19.6 Å². The van der Waals surface area contributed by atoms with E-state index in [4.69, 9.17) is 5.73 Å². The third kappa shape index (κ3) is 4.05. The van der Waals surface area contributed by atoms with E-state index in [9.17, 15) is 9.18 Å². The summed E-state index contributed by atoms with van der Waals surface area (Å²) < 4.78 is 13.5. The first-order valence-electron chi connectivity index (χ1n) is 7.39. The third-order valence-corrected chi connectivity index (χ3v) is 3.84. The molecule has 112 valence electrons. The predicted molar refractivity (Wildman–Crippen MR) is 81.3 cm³/mol. The van der Waals surface area contributed by atoms with Crippen LogP contribution in [0, 0.1) is 23.6 Å². The van der Waals surface area contributed by atoms with Crippen LogP contribution in [-0.2, 0) is 0 Å². The number of halogens is 1. The van der Waals surface area contributed by atoms with Crippen LogP contribution in [-0.4, -0.2) is 30.4 Å². The van der Waals surface area contributed by atoms with E-state index < -0.39 is 5.82 Å². The summed E-state index contributed by atoms with van der Waals surface area (Å²) in [6, 6.07) is 4.14. The molecule has 2 N–H and O–H groups in total. The van der Waals surface area contributed by atoms with E-state index in [0.29, 0.717) is 17.0 Å². The lowest BCUT2D eigenvalue weighted by Crippen LogP contribution is -2.32. The second-order valence-corrected chi connectivity index (χ2v) is 5.52. The van der Waals surface area contributed by atoms with Crippen molar-refractivity contribution in [1.82, 2.24) is 4.90 Å². The summed E-state index contributed by atoms with van der Waals surface area (Å²) in [5.41, 5.74) is 6.25. The Bertz CT molecular complexity index is 574. The molecule has 0 spiro atoms. The monoisotopic (exact) mass is 288 g/mol. The first kappa shape index (κ1) is 15.5. The number of nitrogens with two attached hydrogens (primary N) is 1. The van der Waals surface area contributed by atoms with Crippen LogP contribution >= 0.6 is 0 Å². The van der Waals surface area contributed by atoms with Gasteiger partial charge in [-0.1, -0.05) is 18.8 Å². The molecule has 0 saturated carbocycles. The highest BCUT2D eigenvalue weighted by molar-refractivity contribution is 5.96. The Labute approximate surface area is 125 Å². The Balaban J connectivity index is 2.27. The number of likely N-dealkylation sites (tertiary alicyclic amines) is 1. The fraction of sp³-hybridized carbons (Fsp3) is 0.471. The summed E-state index contributed by atoms with van der Waals surface area (Å²) in [5, 5.41) is 0. The van der Waals surface area contributed by atoms with Crippen molar-refractivity contribution in [1.29, 1.82) is 0 Å². The fourth-order valence-electron chi connectivity index (χ4n) is 2.59. The number of hydrogen-bond donors (Lipinski definition) is 1. The number of benzene rings is 1. The van der Waals surface area contributed by atoms with Gasteiger partial charge in [-0.05, 0) is 43.4 Å². The molecule has 0 radical (unpaired) electrons. The van der Waals surface area contributed by atoms with Crippen molar-refractivity contribution in [2.24, 2.45) is 11.7 Å². The summed E-state index contributed by atoms with van der Waals surface area (Å²) in [7, 11) is 0. The summed E-state index contributed by atoms with van der Waals surface area (Å²) in [6.45, 7) is 3.87. The topological polar surface area (TPSA) is 46.3 Å². The van der Waals surface area contributed by atoms with Crippen LogP contribution in [0.5, 0.6) is 0 Å². The smallest absolute Gasteiger partial charge is 0.255 e. The standard InChI is InChI=1S/C17H21FN2O/c1-13-4-3-10-20(11-8-13)17(21)16-12-15(18)7-6-14(16)5-2-9-19/h6-7,12-13H,3-4,8-11,19H2,1H3. The van der Waals surface area contributed by atoms with Gasteiger partial charge >= 0.3 is 0 Å². The molecule has 1 aliphatic rings. The van der Waals surface area contributed by atoms with Gasteiger partial charge in [-0.15, -0.1) is 0 Å². The first-order valence-corrected chi connectivity index (χ1v) is 7.39. The van der Waals surface area contributed by atoms with Crippen LogP contribution in [0.2, 0.25) is 0 Å². The van der Waals surface area contributed by atoms with Crippen LogP contribution in [0.3, 0.4) is 0 Å². The minimum Gasteiger partial charge on any atom is -0.339 e. The van der Waals surface area contributed by atoms with Gasteiger partial charge in [-0.2, -0.15) is 0 Å². The summed E-state index contributed by atoms with van der Waals surface area (Å²) in [4.78, 5) is 14.5. The van der Waals surface area contributed by atoms with Crippen LogP contribution in [0.4, 0.5) is 4.39 Å². The maximum Gasteiger partial charge on any atom is 0.255 e. The molecule has 0 bridgehead atoms. The number of carbonyl (C=O) groups is 1. The Morgan fingerprint density at radius 3 is 3.00 bits per heavy atom. The average Bonchev–Trinajstić information content (AvgIpc) is 2.70. The van der Waals surface area contributed by atoms with E-state index in [-0.39, 0.29) is 12.5 Å². The van der Waals surface area contributed by atoms with Gasteiger partial charge in [0.05, 0.1) is 12.1 Å². The summed E-state index contributed by atoms with van der Waals surface area (Å²) in [6.07, 6.45) is 3.11. The molecule has 1 aromatic carbocycles. The molecular formula is C17H21FN2O. The van der Waals surface area contributed by atoms with E-state index in [1.807, 2.05) is 4.90 Å². The maximum atomic E-state index is 13.5. The number of amides is 1. The molecule has 1 atom stereocenters. The Hall–Kier alpha value is -1.86. The maximum absolute atomic E-state index is 13.5. The van der Waals surface area contributed by atoms with Gasteiger partial charge in [0.2, 0.25) is 0 Å². The minimum atomic E-state index is -0.417. The second kappa shape index (κ2) is 7.24. The molecule has 1 unspecified atom stereocenters. The van der Waals surface area contributed by atoms with Gasteiger partial charge in [0.25, 0.3) is 5.91 Å². The molecule has 1 aromatic rings. The third-order valence-electron chi connectivity index (χ3n) is 3.84. The Morgan fingerprint density at radius 2 is 2.24 bits per heavy atom. The highest BCUT2D eigenvalue weighted by Gasteiger charge is 2.21. The quantitative estimate of drug-likeness (QED) is 0.807. The van der Waals surface area contributed by atoms with Crippen LogP contribution in [0.1, 0.15) is 42.1 Å². The highest BCUT2D eigenvalue weighted by Crippen LogP contribution is 2.20. The summed E-state index contributed by atoms with van der Waals surface area (Å²) >= 11 is 0. The zero-order chi connectivity index (χ0) is 15.2. The van der Waals surface area contributed by atoms with Gasteiger partial charge in [0, 0.05) is 18.7 Å². The zero-order valence-corrected chi connectivity index (χ0v) is 12.4. The van der Waals surface area contributed by atoms with Crippen LogP contribution in [0.25, 0.3) is 0 Å². The van der Waals surface area contributed by atoms with Crippen molar-refractivity contribution in [3.8, 4) is 11.8 Å². The average molecular weight is 288 g/mol. The second-order valence-electron chi connectivity index (χ2n) is 5.52. The SMILES string of the molecule is CC1CCCN(C(=O)c2cc(F)ccc2C#CCN)CC1. The minimum absolute atomic E-state index is 0.134. The Kier molecular flexibility index (Phi) is 5.35. The first-order chi connectivity index (χ1) is 10.1. The molecule has 1 aliphatic heterocycles. The molecule has 1 fully saturated rings. The molecule has 2 rings (SSSR count). The van der Waals surface area contributed by atoms with Gasteiger partial charge < -0.3 is 10.6 Å². The fourth-order valence-corrected chi connectivity index (χ4v) is 2.59. The number of hydrogen-bond acceptors (Lipinski definition) is 2. The lowest BCUT2D eigenvalue weighted by Gasteiger charge is -2.21. The van der Waals surface area contributed by atoms with E-state index in [1.54, 1.807) is 6.07 Å². The largest absolute Gasteiger partial charge is 0.339 e. The molecule has 0 aliphatic carbocycles. The van der Waals surface area contributed by atoms with Gasteiger partial charge in [0.15, 0.2) is 0 Å². The van der Waals surface area contributed by atoms with Crippen molar-refractivity contribution in [3.05, 3.63) is 35.1 Å². The Morgan fingerprint density at radius 1 is 1.43 bits per heavy atom. The molecule has 4 heteroatoms. The van der Waals surface area contributed by atoms with E-state index >= 15 is 0 Å². The van der Waals surface area contributed by atoms with Gasteiger partial charge in [-0.25, -0.2) is 4.39 Å². The van der Waals surface area contributed by atoms with Crippen molar-refractivity contribution >= 4 is 5.91 Å². The summed E-state index contributed by atoms with van der Waals surface area (Å²) in [5.74, 6) is 5.66.